The summed E-state index contributed by atoms with van der Waals surface area (Å²) in [6.45, 7) is 1.16. The van der Waals surface area contributed by atoms with Crippen LogP contribution in [0.25, 0.3) is 11.0 Å². The summed E-state index contributed by atoms with van der Waals surface area (Å²) in [5.41, 5.74) is -1.73. The fourth-order valence-corrected chi connectivity index (χ4v) is 5.34. The zero-order chi connectivity index (χ0) is 30.0. The molecule has 1 aliphatic heterocycles. The highest BCUT2D eigenvalue weighted by Crippen LogP contribution is 2.38. The molecule has 2 fully saturated rings. The van der Waals surface area contributed by atoms with Crippen LogP contribution in [-0.2, 0) is 15.7 Å². The lowest BCUT2D eigenvalue weighted by atomic mass is 9.92. The maximum Gasteiger partial charge on any atom is 0.423 e. The van der Waals surface area contributed by atoms with Crippen molar-refractivity contribution < 1.29 is 41.2 Å². The van der Waals surface area contributed by atoms with Crippen LogP contribution in [0.15, 0.2) is 46.9 Å². The zero-order valence-corrected chi connectivity index (χ0v) is 22.4. The number of nitrogens with zero attached hydrogens (tertiary/aromatic N) is 3. The standard InChI is InChI=1S/C28H28F4N4O6/c29-18-1-8-24-17(13-18)14-25(42-24)27(38)35-11-9-34(10-12-35)26(37)16-41-21-5-2-19(3-6-21)33-20-4-7-23(36(39)40)22(15-20)28(30,31)32/h1,4,7-8,13-15,19,21,33H,2-3,5-6,9-12,16H2. The number of ether oxygens (including phenoxy) is 1. The van der Waals surface area contributed by atoms with Crippen molar-refractivity contribution in [3.63, 3.8) is 0 Å². The molecule has 3 aromatic rings. The average Bonchev–Trinajstić information content (AvgIpc) is 3.39. The number of rotatable bonds is 7. The van der Waals surface area contributed by atoms with Gasteiger partial charge >= 0.3 is 6.18 Å². The highest BCUT2D eigenvalue weighted by Gasteiger charge is 2.38. The minimum Gasteiger partial charge on any atom is -0.451 e. The largest absolute Gasteiger partial charge is 0.451 e. The van der Waals surface area contributed by atoms with Crippen molar-refractivity contribution in [2.24, 2.45) is 0 Å². The molecular weight excluding hydrogens is 564 g/mol. The van der Waals surface area contributed by atoms with Gasteiger partial charge in [0.1, 0.15) is 23.6 Å². The van der Waals surface area contributed by atoms with E-state index in [0.717, 1.165) is 12.1 Å². The van der Waals surface area contributed by atoms with Crippen LogP contribution in [0.2, 0.25) is 0 Å². The molecule has 1 N–H and O–H groups in total. The topological polar surface area (TPSA) is 118 Å². The van der Waals surface area contributed by atoms with E-state index in [-0.39, 0.29) is 42.0 Å². The van der Waals surface area contributed by atoms with Gasteiger partial charge in [-0.2, -0.15) is 13.2 Å². The van der Waals surface area contributed by atoms with Crippen molar-refractivity contribution in [2.75, 3.05) is 38.1 Å². The fraction of sp³-hybridized carbons (Fsp3) is 0.429. The number of halogens is 4. The summed E-state index contributed by atoms with van der Waals surface area (Å²) in [7, 11) is 0. The predicted molar refractivity (Wildman–Crippen MR) is 142 cm³/mol. The van der Waals surface area contributed by atoms with Crippen molar-refractivity contribution in [2.45, 2.75) is 44.0 Å². The van der Waals surface area contributed by atoms with Gasteiger partial charge in [0.05, 0.1) is 11.0 Å². The minimum absolute atomic E-state index is 0.109. The molecule has 42 heavy (non-hydrogen) atoms. The van der Waals surface area contributed by atoms with Crippen molar-refractivity contribution in [3.8, 4) is 0 Å². The van der Waals surface area contributed by atoms with Crippen molar-refractivity contribution in [1.82, 2.24) is 9.80 Å². The number of hydrogen-bond donors (Lipinski definition) is 1. The van der Waals surface area contributed by atoms with Crippen LogP contribution < -0.4 is 5.32 Å². The van der Waals surface area contributed by atoms with E-state index in [4.69, 9.17) is 9.15 Å². The first-order valence-corrected chi connectivity index (χ1v) is 13.5. The summed E-state index contributed by atoms with van der Waals surface area (Å²) in [5.74, 6) is -0.847. The highest BCUT2D eigenvalue weighted by atomic mass is 19.4. The molecule has 2 heterocycles. The zero-order valence-electron chi connectivity index (χ0n) is 22.4. The van der Waals surface area contributed by atoms with Crippen molar-refractivity contribution in [3.05, 3.63) is 69.7 Å². The number of fused-ring (bicyclic) bond motifs is 1. The molecule has 0 spiro atoms. The van der Waals surface area contributed by atoms with Gasteiger partial charge < -0.3 is 24.3 Å². The Kier molecular flexibility index (Phi) is 8.34. The second-order valence-corrected chi connectivity index (χ2v) is 10.4. The molecule has 14 heteroatoms. The SMILES string of the molecule is O=C(COC1CCC(Nc2ccc([N+](=O)[O-])c(C(F)(F)F)c2)CC1)N1CCN(C(=O)c2cc3cc(F)ccc3o2)CC1. The number of nitro groups is 1. The van der Waals surface area contributed by atoms with E-state index < -0.39 is 28.2 Å². The quantitative estimate of drug-likeness (QED) is 0.227. The molecular formula is C28H28F4N4O6. The molecule has 0 radical (unpaired) electrons. The molecule has 1 saturated carbocycles. The Balaban J connectivity index is 1.05. The van der Waals surface area contributed by atoms with E-state index in [1.165, 1.54) is 30.3 Å². The van der Waals surface area contributed by atoms with Crippen LogP contribution in [0.3, 0.4) is 0 Å². The number of nitro benzene ring substituents is 1. The van der Waals surface area contributed by atoms with Gasteiger partial charge in [0, 0.05) is 49.4 Å². The first-order valence-electron chi connectivity index (χ1n) is 13.5. The van der Waals surface area contributed by atoms with E-state index in [1.54, 1.807) is 9.80 Å². The molecule has 0 atom stereocenters. The monoisotopic (exact) mass is 592 g/mol. The van der Waals surface area contributed by atoms with E-state index in [9.17, 15) is 37.3 Å². The lowest BCUT2D eigenvalue weighted by Gasteiger charge is -2.35. The lowest BCUT2D eigenvalue weighted by molar-refractivity contribution is -0.388. The molecule has 2 aromatic carbocycles. The van der Waals surface area contributed by atoms with E-state index >= 15 is 0 Å². The summed E-state index contributed by atoms with van der Waals surface area (Å²) in [6.07, 6.45) is -2.67. The first kappa shape index (κ1) is 29.3. The third-order valence-electron chi connectivity index (χ3n) is 7.59. The second-order valence-electron chi connectivity index (χ2n) is 10.4. The van der Waals surface area contributed by atoms with E-state index in [1.807, 2.05) is 0 Å². The van der Waals surface area contributed by atoms with Crippen LogP contribution in [-0.4, -0.2) is 71.5 Å². The molecule has 224 valence electrons. The number of furan rings is 1. The number of anilines is 1. The summed E-state index contributed by atoms with van der Waals surface area (Å²) in [6, 6.07) is 8.25. The number of hydrogen-bond acceptors (Lipinski definition) is 7. The summed E-state index contributed by atoms with van der Waals surface area (Å²) >= 11 is 0. The Labute approximate surface area is 237 Å². The molecule has 5 rings (SSSR count). The maximum absolute atomic E-state index is 13.4. The molecule has 2 amide bonds. The van der Waals surface area contributed by atoms with Crippen LogP contribution in [0, 0.1) is 15.9 Å². The number of carbonyl (C=O) groups is 2. The normalized spacial score (nSPS) is 19.6. The Bertz CT molecular complexity index is 1480. The number of piperazine rings is 1. The summed E-state index contributed by atoms with van der Waals surface area (Å²) in [5, 5.41) is 14.5. The number of carbonyl (C=O) groups excluding carboxylic acids is 2. The Morgan fingerprint density at radius 2 is 1.69 bits per heavy atom. The van der Waals surface area contributed by atoms with Gasteiger partial charge in [-0.1, -0.05) is 0 Å². The van der Waals surface area contributed by atoms with Gasteiger partial charge in [-0.05, 0) is 62.1 Å². The highest BCUT2D eigenvalue weighted by molar-refractivity contribution is 5.96. The summed E-state index contributed by atoms with van der Waals surface area (Å²) in [4.78, 5) is 38.7. The molecule has 1 aromatic heterocycles. The van der Waals surface area contributed by atoms with Gasteiger partial charge in [0.15, 0.2) is 5.76 Å². The molecule has 0 bridgehead atoms. The van der Waals surface area contributed by atoms with E-state index in [2.05, 4.69) is 5.32 Å². The van der Waals surface area contributed by atoms with Crippen molar-refractivity contribution in [1.29, 1.82) is 0 Å². The van der Waals surface area contributed by atoms with E-state index in [0.29, 0.717) is 62.8 Å². The molecule has 2 aliphatic rings. The van der Waals surface area contributed by atoms with Gasteiger partial charge in [0.2, 0.25) is 5.91 Å². The third kappa shape index (κ3) is 6.64. The summed E-state index contributed by atoms with van der Waals surface area (Å²) < 4.78 is 64.6. The third-order valence-corrected chi connectivity index (χ3v) is 7.59. The number of nitrogens with one attached hydrogen (secondary N) is 1. The molecule has 0 unspecified atom stereocenters. The number of alkyl halides is 3. The van der Waals surface area contributed by atoms with Gasteiger partial charge in [0.25, 0.3) is 11.6 Å². The predicted octanol–water partition coefficient (Wildman–Crippen LogP) is 5.22. The average molecular weight is 593 g/mol. The molecule has 10 nitrogen and oxygen atoms in total. The lowest BCUT2D eigenvalue weighted by Crippen LogP contribution is -2.51. The fourth-order valence-electron chi connectivity index (χ4n) is 5.34. The van der Waals surface area contributed by atoms with Crippen LogP contribution in [0.5, 0.6) is 0 Å². The van der Waals surface area contributed by atoms with Crippen LogP contribution in [0.1, 0.15) is 41.8 Å². The smallest absolute Gasteiger partial charge is 0.423 e. The second kappa shape index (κ2) is 12.0. The number of benzene rings is 2. The Hall–Kier alpha value is -4.20. The maximum atomic E-state index is 13.4. The van der Waals surface area contributed by atoms with Gasteiger partial charge in [-0.25, -0.2) is 4.39 Å². The van der Waals surface area contributed by atoms with Crippen molar-refractivity contribution >= 4 is 34.2 Å². The van der Waals surface area contributed by atoms with Crippen LogP contribution >= 0.6 is 0 Å². The number of amides is 2. The van der Waals surface area contributed by atoms with Crippen LogP contribution in [0.4, 0.5) is 28.9 Å². The Morgan fingerprint density at radius 3 is 2.36 bits per heavy atom. The van der Waals surface area contributed by atoms with Gasteiger partial charge in [-0.3, -0.25) is 19.7 Å². The molecule has 1 saturated heterocycles. The minimum atomic E-state index is -4.85. The first-order chi connectivity index (χ1) is 20.0. The molecule has 1 aliphatic carbocycles. The van der Waals surface area contributed by atoms with Gasteiger partial charge in [-0.15, -0.1) is 0 Å². The Morgan fingerprint density at radius 1 is 1.00 bits per heavy atom.